The quantitative estimate of drug-likeness (QED) is 0.778. The van der Waals surface area contributed by atoms with Crippen LogP contribution in [0.15, 0.2) is 29.1 Å². The van der Waals surface area contributed by atoms with Gasteiger partial charge in [-0.05, 0) is 44.2 Å². The lowest BCUT2D eigenvalue weighted by molar-refractivity contribution is -0.140. The maximum atomic E-state index is 12.6. The Kier molecular flexibility index (Phi) is 6.21. The second-order valence-corrected chi connectivity index (χ2v) is 7.05. The number of carboxylic acid groups (broad SMARTS) is 1. The number of aryl methyl sites for hydroxylation is 1. The van der Waals surface area contributed by atoms with E-state index in [0.29, 0.717) is 49.0 Å². The summed E-state index contributed by atoms with van der Waals surface area (Å²) < 4.78 is 0. The maximum Gasteiger partial charge on any atom is 0.303 e. The molecule has 0 saturated carbocycles. The zero-order valence-electron chi connectivity index (χ0n) is 15.3. The number of fused-ring (bicyclic) bond motifs is 1. The van der Waals surface area contributed by atoms with E-state index in [9.17, 15) is 14.4 Å². The van der Waals surface area contributed by atoms with Gasteiger partial charge in [0.15, 0.2) is 0 Å². The maximum absolute atomic E-state index is 12.6. The van der Waals surface area contributed by atoms with Crippen molar-refractivity contribution in [1.82, 2.24) is 14.9 Å². The van der Waals surface area contributed by atoms with E-state index in [2.05, 4.69) is 9.97 Å². The zero-order chi connectivity index (χ0) is 19.2. The number of rotatable bonds is 7. The molecule has 0 bridgehead atoms. The molecule has 1 unspecified atom stereocenters. The summed E-state index contributed by atoms with van der Waals surface area (Å²) >= 11 is 0. The van der Waals surface area contributed by atoms with E-state index in [4.69, 9.17) is 5.11 Å². The van der Waals surface area contributed by atoms with Gasteiger partial charge in [0.1, 0.15) is 5.82 Å². The predicted octanol–water partition coefficient (Wildman–Crippen LogP) is 2.49. The molecule has 27 heavy (non-hydrogen) atoms. The summed E-state index contributed by atoms with van der Waals surface area (Å²) in [6.45, 7) is 0.703. The van der Waals surface area contributed by atoms with Crippen molar-refractivity contribution in [3.8, 4) is 0 Å². The average molecular weight is 371 g/mol. The Hall–Kier alpha value is -2.70. The lowest BCUT2D eigenvalue weighted by Crippen LogP contribution is -2.43. The normalized spacial score (nSPS) is 17.2. The molecule has 7 nitrogen and oxygen atoms in total. The smallest absolute Gasteiger partial charge is 0.303 e. The molecular weight excluding hydrogens is 346 g/mol. The molecule has 1 aliphatic rings. The molecule has 1 fully saturated rings. The molecule has 144 valence electrons. The number of likely N-dealkylation sites (tertiary alicyclic amines) is 1. The van der Waals surface area contributed by atoms with E-state index in [1.807, 2.05) is 11.0 Å². The zero-order valence-corrected chi connectivity index (χ0v) is 15.3. The van der Waals surface area contributed by atoms with Crippen molar-refractivity contribution in [2.45, 2.75) is 57.4 Å². The van der Waals surface area contributed by atoms with Gasteiger partial charge in [0.25, 0.3) is 5.56 Å². The molecule has 2 N–H and O–H groups in total. The molecule has 7 heteroatoms. The lowest BCUT2D eigenvalue weighted by atomic mass is 9.97. The molecule has 1 aliphatic heterocycles. The molecule has 0 spiro atoms. The Balaban J connectivity index is 1.57. The Bertz CT molecular complexity index is 877. The first kappa shape index (κ1) is 19.1. The van der Waals surface area contributed by atoms with Crippen LogP contribution in [0.5, 0.6) is 0 Å². The van der Waals surface area contributed by atoms with Gasteiger partial charge in [-0.1, -0.05) is 12.1 Å². The summed E-state index contributed by atoms with van der Waals surface area (Å²) in [5, 5.41) is 9.46. The number of aromatic nitrogens is 2. The summed E-state index contributed by atoms with van der Waals surface area (Å²) in [6.07, 6.45) is 4.99. The molecule has 1 amide bonds. The van der Waals surface area contributed by atoms with Gasteiger partial charge in [-0.3, -0.25) is 14.4 Å². The number of hydrogen-bond acceptors (Lipinski definition) is 4. The van der Waals surface area contributed by atoms with Crippen molar-refractivity contribution in [3.05, 3.63) is 40.4 Å². The summed E-state index contributed by atoms with van der Waals surface area (Å²) in [6, 6.07) is 7.22. The van der Waals surface area contributed by atoms with Crippen LogP contribution < -0.4 is 5.56 Å². The third-order valence-corrected chi connectivity index (χ3v) is 5.11. The number of carbonyl (C=O) groups excluding carboxylic acids is 1. The summed E-state index contributed by atoms with van der Waals surface area (Å²) in [5.41, 5.74) is 0.499. The van der Waals surface area contributed by atoms with Gasteiger partial charge in [0, 0.05) is 31.8 Å². The van der Waals surface area contributed by atoms with Crippen molar-refractivity contribution in [3.63, 3.8) is 0 Å². The number of carboxylic acids is 1. The number of para-hydroxylation sites is 1. The second-order valence-electron chi connectivity index (χ2n) is 7.05. The molecule has 1 saturated heterocycles. The predicted molar refractivity (Wildman–Crippen MR) is 102 cm³/mol. The molecule has 2 heterocycles. The number of aliphatic carboxylic acids is 1. The minimum Gasteiger partial charge on any atom is -0.481 e. The number of nitrogens with zero attached hydrogens (tertiary/aromatic N) is 2. The van der Waals surface area contributed by atoms with E-state index in [0.717, 1.165) is 19.3 Å². The monoisotopic (exact) mass is 371 g/mol. The van der Waals surface area contributed by atoms with Crippen LogP contribution >= 0.6 is 0 Å². The number of amides is 1. The number of benzene rings is 1. The van der Waals surface area contributed by atoms with Crippen LogP contribution in [0, 0.1) is 0 Å². The topological polar surface area (TPSA) is 103 Å². The van der Waals surface area contributed by atoms with Gasteiger partial charge in [-0.15, -0.1) is 0 Å². The van der Waals surface area contributed by atoms with Crippen LogP contribution in [0.2, 0.25) is 0 Å². The number of H-pyrrole nitrogens is 1. The van der Waals surface area contributed by atoms with Crippen molar-refractivity contribution in [1.29, 1.82) is 0 Å². The van der Waals surface area contributed by atoms with Crippen LogP contribution in [0.1, 0.15) is 50.8 Å². The molecule has 0 radical (unpaired) electrons. The second kappa shape index (κ2) is 8.79. The van der Waals surface area contributed by atoms with E-state index in [1.54, 1.807) is 18.2 Å². The largest absolute Gasteiger partial charge is 0.481 e. The minimum absolute atomic E-state index is 0.0287. The Morgan fingerprint density at radius 2 is 2.04 bits per heavy atom. The molecule has 1 atom stereocenters. The fraction of sp³-hybridized carbons (Fsp3) is 0.500. The first-order chi connectivity index (χ1) is 13.0. The van der Waals surface area contributed by atoms with Gasteiger partial charge >= 0.3 is 5.97 Å². The van der Waals surface area contributed by atoms with E-state index < -0.39 is 5.97 Å². The average Bonchev–Trinajstić information content (AvgIpc) is 2.66. The molecule has 3 rings (SSSR count). The van der Waals surface area contributed by atoms with Gasteiger partial charge < -0.3 is 15.0 Å². The van der Waals surface area contributed by atoms with Crippen molar-refractivity contribution < 1.29 is 14.7 Å². The van der Waals surface area contributed by atoms with Gasteiger partial charge in [-0.25, -0.2) is 4.98 Å². The van der Waals surface area contributed by atoms with Crippen molar-refractivity contribution >= 4 is 22.8 Å². The van der Waals surface area contributed by atoms with Gasteiger partial charge in [-0.2, -0.15) is 0 Å². The highest BCUT2D eigenvalue weighted by Crippen LogP contribution is 2.22. The van der Waals surface area contributed by atoms with E-state index >= 15 is 0 Å². The van der Waals surface area contributed by atoms with Crippen molar-refractivity contribution in [2.24, 2.45) is 0 Å². The molecule has 0 aliphatic carbocycles. The molecule has 2 aromatic rings. The molecule has 1 aromatic heterocycles. The first-order valence-corrected chi connectivity index (χ1v) is 9.54. The van der Waals surface area contributed by atoms with Crippen LogP contribution in [0.3, 0.4) is 0 Å². The number of piperidine rings is 1. The van der Waals surface area contributed by atoms with Crippen LogP contribution in [-0.4, -0.2) is 44.4 Å². The third-order valence-electron chi connectivity index (χ3n) is 5.11. The Labute approximate surface area is 157 Å². The number of nitrogens with one attached hydrogen (secondary N) is 1. The number of hydrogen-bond donors (Lipinski definition) is 2. The highest BCUT2D eigenvalue weighted by Gasteiger charge is 2.26. The summed E-state index contributed by atoms with van der Waals surface area (Å²) in [5.74, 6) is -0.167. The fourth-order valence-electron chi connectivity index (χ4n) is 3.72. The van der Waals surface area contributed by atoms with Crippen LogP contribution in [0.25, 0.3) is 10.9 Å². The molecule has 1 aromatic carbocycles. The fourth-order valence-corrected chi connectivity index (χ4v) is 3.72. The Morgan fingerprint density at radius 3 is 2.85 bits per heavy atom. The van der Waals surface area contributed by atoms with Crippen molar-refractivity contribution in [2.75, 3.05) is 6.54 Å². The number of carbonyl (C=O) groups is 2. The van der Waals surface area contributed by atoms with Gasteiger partial charge in [0.05, 0.1) is 10.9 Å². The van der Waals surface area contributed by atoms with Gasteiger partial charge in [0.2, 0.25) is 5.91 Å². The summed E-state index contributed by atoms with van der Waals surface area (Å²) in [7, 11) is 0. The lowest BCUT2D eigenvalue weighted by Gasteiger charge is -2.35. The standard InChI is InChI=1S/C20H25N3O4/c24-18(23-13-4-3-6-14(23)11-12-19(25)26)10-5-9-17-21-16-8-2-1-7-15(16)20(27)22-17/h1-2,7-8,14H,3-6,9-13H2,(H,25,26)(H,21,22,27). The summed E-state index contributed by atoms with van der Waals surface area (Å²) in [4.78, 5) is 44.6. The van der Waals surface area contributed by atoms with E-state index in [-0.39, 0.29) is 23.9 Å². The highest BCUT2D eigenvalue weighted by atomic mass is 16.4. The SMILES string of the molecule is O=C(O)CCC1CCCCN1C(=O)CCCc1nc2ccccc2c(=O)[nH]1. The first-order valence-electron chi connectivity index (χ1n) is 9.54. The Morgan fingerprint density at radius 1 is 1.22 bits per heavy atom. The minimum atomic E-state index is -0.820. The highest BCUT2D eigenvalue weighted by molar-refractivity contribution is 5.77. The number of aromatic amines is 1. The molecular formula is C20H25N3O4. The third kappa shape index (κ3) is 4.93. The van der Waals surface area contributed by atoms with E-state index in [1.165, 1.54) is 0 Å². The van der Waals surface area contributed by atoms with Crippen LogP contribution in [-0.2, 0) is 16.0 Å². The van der Waals surface area contributed by atoms with Crippen LogP contribution in [0.4, 0.5) is 0 Å².